The molecule has 13 heavy (non-hydrogen) atoms. The molecule has 0 aliphatic carbocycles. The summed E-state index contributed by atoms with van der Waals surface area (Å²) in [5.41, 5.74) is 0. The Morgan fingerprint density at radius 1 is 1.46 bits per heavy atom. The molecule has 0 aliphatic heterocycles. The normalized spacial score (nSPS) is 15.7. The second kappa shape index (κ2) is 5.13. The van der Waals surface area contributed by atoms with Crippen molar-refractivity contribution in [3.63, 3.8) is 0 Å². The van der Waals surface area contributed by atoms with Crippen molar-refractivity contribution in [2.75, 3.05) is 0 Å². The molecule has 0 bridgehead atoms. The summed E-state index contributed by atoms with van der Waals surface area (Å²) in [7, 11) is 0. The first-order chi connectivity index (χ1) is 6.13. The van der Waals surface area contributed by atoms with Crippen molar-refractivity contribution in [3.8, 4) is 0 Å². The standard InChI is InChI=1S/C10H16BrNS/c1-4-7(2)12-8(3)9-5-6-10(11)13-9/h5-8,12H,4H2,1-3H3/t7-,8+/m0/s1. The largest absolute Gasteiger partial charge is 0.307 e. The highest BCUT2D eigenvalue weighted by Crippen LogP contribution is 2.27. The summed E-state index contributed by atoms with van der Waals surface area (Å²) in [6.07, 6.45) is 1.18. The highest BCUT2D eigenvalue weighted by Gasteiger charge is 2.09. The average molecular weight is 262 g/mol. The molecule has 1 aromatic rings. The maximum absolute atomic E-state index is 3.55. The van der Waals surface area contributed by atoms with Crippen molar-refractivity contribution in [3.05, 3.63) is 20.8 Å². The van der Waals surface area contributed by atoms with E-state index in [1.165, 1.54) is 15.1 Å². The van der Waals surface area contributed by atoms with E-state index in [2.05, 4.69) is 54.2 Å². The Morgan fingerprint density at radius 2 is 2.15 bits per heavy atom. The predicted molar refractivity (Wildman–Crippen MR) is 63.3 cm³/mol. The second-order valence-corrected chi connectivity index (χ2v) is 5.83. The topological polar surface area (TPSA) is 12.0 Å². The van der Waals surface area contributed by atoms with Crippen LogP contribution in [-0.4, -0.2) is 6.04 Å². The molecule has 0 spiro atoms. The number of halogens is 1. The third kappa shape index (κ3) is 3.41. The minimum absolute atomic E-state index is 0.464. The molecular formula is C10H16BrNS. The fourth-order valence-corrected chi connectivity index (χ4v) is 2.62. The van der Waals surface area contributed by atoms with Gasteiger partial charge in [-0.2, -0.15) is 0 Å². The highest BCUT2D eigenvalue weighted by molar-refractivity contribution is 9.11. The first-order valence-electron chi connectivity index (χ1n) is 4.64. The van der Waals surface area contributed by atoms with E-state index in [0.29, 0.717) is 12.1 Å². The predicted octanol–water partition coefficient (Wildman–Crippen LogP) is 3.96. The van der Waals surface area contributed by atoms with Gasteiger partial charge in [0.2, 0.25) is 0 Å². The first-order valence-corrected chi connectivity index (χ1v) is 6.25. The summed E-state index contributed by atoms with van der Waals surface area (Å²) in [5, 5.41) is 3.55. The third-order valence-electron chi connectivity index (χ3n) is 2.17. The van der Waals surface area contributed by atoms with Crippen LogP contribution in [0.4, 0.5) is 0 Å². The van der Waals surface area contributed by atoms with Gasteiger partial charge in [0.15, 0.2) is 0 Å². The van der Waals surface area contributed by atoms with E-state index in [9.17, 15) is 0 Å². The van der Waals surface area contributed by atoms with Crippen LogP contribution in [0.25, 0.3) is 0 Å². The quantitative estimate of drug-likeness (QED) is 0.866. The Kier molecular flexibility index (Phi) is 4.42. The third-order valence-corrected chi connectivity index (χ3v) is 3.97. The van der Waals surface area contributed by atoms with E-state index in [1.54, 1.807) is 11.3 Å². The van der Waals surface area contributed by atoms with Gasteiger partial charge in [-0.3, -0.25) is 0 Å². The molecule has 74 valence electrons. The molecule has 0 amide bonds. The molecule has 1 nitrogen and oxygen atoms in total. The lowest BCUT2D eigenvalue weighted by atomic mass is 10.2. The first kappa shape index (κ1) is 11.2. The maximum Gasteiger partial charge on any atom is 0.0701 e. The van der Waals surface area contributed by atoms with Crippen molar-refractivity contribution in [2.45, 2.75) is 39.3 Å². The van der Waals surface area contributed by atoms with Crippen molar-refractivity contribution in [1.82, 2.24) is 5.32 Å². The van der Waals surface area contributed by atoms with E-state index in [1.807, 2.05) is 0 Å². The Bertz CT molecular complexity index is 259. The van der Waals surface area contributed by atoms with Gasteiger partial charge in [-0.25, -0.2) is 0 Å². The minimum atomic E-state index is 0.464. The van der Waals surface area contributed by atoms with Crippen LogP contribution in [0.3, 0.4) is 0 Å². The van der Waals surface area contributed by atoms with E-state index in [0.717, 1.165) is 0 Å². The zero-order valence-electron chi connectivity index (χ0n) is 8.30. The maximum atomic E-state index is 3.55. The molecule has 0 unspecified atom stereocenters. The molecule has 1 heterocycles. The molecule has 0 aromatic carbocycles. The Hall–Kier alpha value is 0.140. The van der Waals surface area contributed by atoms with Crippen LogP contribution in [-0.2, 0) is 0 Å². The lowest BCUT2D eigenvalue weighted by Crippen LogP contribution is -2.27. The SMILES string of the molecule is CC[C@H](C)N[C@H](C)c1ccc(Br)s1. The number of rotatable bonds is 4. The van der Waals surface area contributed by atoms with Crippen LogP contribution in [0.5, 0.6) is 0 Å². The summed E-state index contributed by atoms with van der Waals surface area (Å²) in [5.74, 6) is 0. The zero-order valence-corrected chi connectivity index (χ0v) is 10.7. The molecule has 0 radical (unpaired) electrons. The molecule has 0 saturated heterocycles. The van der Waals surface area contributed by atoms with E-state index >= 15 is 0 Å². The molecule has 1 N–H and O–H groups in total. The second-order valence-electron chi connectivity index (χ2n) is 3.34. The minimum Gasteiger partial charge on any atom is -0.307 e. The monoisotopic (exact) mass is 261 g/mol. The van der Waals surface area contributed by atoms with Crippen molar-refractivity contribution < 1.29 is 0 Å². The van der Waals surface area contributed by atoms with Crippen LogP contribution < -0.4 is 5.32 Å². The summed E-state index contributed by atoms with van der Waals surface area (Å²) in [6.45, 7) is 6.64. The molecular weight excluding hydrogens is 246 g/mol. The summed E-state index contributed by atoms with van der Waals surface area (Å²) in [6, 6.07) is 5.34. The summed E-state index contributed by atoms with van der Waals surface area (Å²) >= 11 is 5.28. The summed E-state index contributed by atoms with van der Waals surface area (Å²) < 4.78 is 1.21. The van der Waals surface area contributed by atoms with Crippen LogP contribution in [0.1, 0.15) is 38.1 Å². The van der Waals surface area contributed by atoms with Gasteiger partial charge in [0.25, 0.3) is 0 Å². The highest BCUT2D eigenvalue weighted by atomic mass is 79.9. The van der Waals surface area contributed by atoms with Gasteiger partial charge in [-0.1, -0.05) is 6.92 Å². The number of thiophene rings is 1. The number of hydrogen-bond acceptors (Lipinski definition) is 2. The Morgan fingerprint density at radius 3 is 2.62 bits per heavy atom. The molecule has 1 aromatic heterocycles. The average Bonchev–Trinajstić information content (AvgIpc) is 2.51. The Labute approximate surface area is 92.7 Å². The van der Waals surface area contributed by atoms with E-state index in [-0.39, 0.29) is 0 Å². The van der Waals surface area contributed by atoms with Crippen LogP contribution >= 0.6 is 27.3 Å². The fourth-order valence-electron chi connectivity index (χ4n) is 1.19. The van der Waals surface area contributed by atoms with Gasteiger partial charge < -0.3 is 5.32 Å². The van der Waals surface area contributed by atoms with Crippen molar-refractivity contribution in [2.24, 2.45) is 0 Å². The lowest BCUT2D eigenvalue weighted by Gasteiger charge is -2.17. The number of nitrogens with one attached hydrogen (secondary N) is 1. The smallest absolute Gasteiger partial charge is 0.0701 e. The molecule has 1 rings (SSSR count). The van der Waals surface area contributed by atoms with Crippen LogP contribution in [0.15, 0.2) is 15.9 Å². The molecule has 0 aliphatic rings. The van der Waals surface area contributed by atoms with Gasteiger partial charge in [0.1, 0.15) is 0 Å². The lowest BCUT2D eigenvalue weighted by molar-refractivity contribution is 0.474. The number of hydrogen-bond donors (Lipinski definition) is 1. The van der Waals surface area contributed by atoms with Crippen LogP contribution in [0.2, 0.25) is 0 Å². The zero-order chi connectivity index (χ0) is 9.84. The Balaban J connectivity index is 2.53. The fraction of sp³-hybridized carbons (Fsp3) is 0.600. The van der Waals surface area contributed by atoms with Gasteiger partial charge in [0, 0.05) is 17.0 Å². The molecule has 0 fully saturated rings. The summed E-state index contributed by atoms with van der Waals surface area (Å²) in [4.78, 5) is 1.40. The van der Waals surface area contributed by atoms with Crippen molar-refractivity contribution >= 4 is 27.3 Å². The molecule has 2 atom stereocenters. The molecule has 3 heteroatoms. The van der Waals surface area contributed by atoms with E-state index in [4.69, 9.17) is 0 Å². The van der Waals surface area contributed by atoms with Crippen molar-refractivity contribution in [1.29, 1.82) is 0 Å². The van der Waals surface area contributed by atoms with Crippen LogP contribution in [0, 0.1) is 0 Å². The van der Waals surface area contributed by atoms with Gasteiger partial charge in [0.05, 0.1) is 3.79 Å². The van der Waals surface area contributed by atoms with Gasteiger partial charge in [-0.05, 0) is 48.3 Å². The molecule has 0 saturated carbocycles. The van der Waals surface area contributed by atoms with Gasteiger partial charge >= 0.3 is 0 Å². The van der Waals surface area contributed by atoms with Gasteiger partial charge in [-0.15, -0.1) is 11.3 Å². The van der Waals surface area contributed by atoms with E-state index < -0.39 is 0 Å².